The molecule has 0 spiro atoms. The molecule has 2 rings (SSSR count). The summed E-state index contributed by atoms with van der Waals surface area (Å²) in [6.45, 7) is 21.7. The van der Waals surface area contributed by atoms with E-state index in [2.05, 4.69) is 46.2 Å². The number of rotatable bonds is 18. The van der Waals surface area contributed by atoms with Crippen molar-refractivity contribution in [1.82, 2.24) is 25.3 Å². The van der Waals surface area contributed by atoms with Gasteiger partial charge >= 0.3 is 12.1 Å². The molecule has 0 bridgehead atoms. The quantitative estimate of drug-likeness (QED) is 0.136. The van der Waals surface area contributed by atoms with Crippen molar-refractivity contribution in [3.8, 4) is 0 Å². The van der Waals surface area contributed by atoms with Gasteiger partial charge in [0.25, 0.3) is 0 Å². The first-order valence-corrected chi connectivity index (χ1v) is 18.6. The summed E-state index contributed by atoms with van der Waals surface area (Å²) in [5.74, 6) is -1.47. The van der Waals surface area contributed by atoms with Crippen LogP contribution >= 0.6 is 0 Å². The van der Waals surface area contributed by atoms with Gasteiger partial charge in [-0.1, -0.05) is 91.3 Å². The third-order valence-electron chi connectivity index (χ3n) is 8.93. The van der Waals surface area contributed by atoms with Gasteiger partial charge in [-0.3, -0.25) is 28.9 Å². The average molecular weight is 768 g/mol. The molecule has 5 amide bonds. The van der Waals surface area contributed by atoms with Crippen LogP contribution in [0.5, 0.6) is 0 Å². The van der Waals surface area contributed by atoms with Gasteiger partial charge in [0.05, 0.1) is 37.3 Å². The minimum absolute atomic E-state index is 0.00607. The number of hydrogen-bond acceptors (Lipinski definition) is 9. The van der Waals surface area contributed by atoms with Crippen molar-refractivity contribution in [1.29, 1.82) is 0 Å². The SMILES string of the molecule is C=C/C=C(/C)C=C.CCC.CCC(C)C(C(CC(=O)N1CCCC1C(OC)C(C)C)OC)N(C)C(=O)CNC(=O)C1COC(=O)N1C.O=CNCC(=O)O. The van der Waals surface area contributed by atoms with Crippen LogP contribution in [-0.2, 0) is 38.2 Å². The molecule has 0 saturated carbocycles. The molecule has 2 aliphatic rings. The van der Waals surface area contributed by atoms with Crippen molar-refractivity contribution < 1.29 is 48.1 Å². The number of carbonyl (C=O) groups excluding carboxylic acids is 5. The van der Waals surface area contributed by atoms with E-state index in [1.165, 1.54) is 18.4 Å². The minimum Gasteiger partial charge on any atom is -0.480 e. The van der Waals surface area contributed by atoms with Crippen molar-refractivity contribution in [2.45, 2.75) is 111 Å². The predicted octanol–water partition coefficient (Wildman–Crippen LogP) is 4.03. The molecule has 2 fully saturated rings. The monoisotopic (exact) mass is 768 g/mol. The first-order chi connectivity index (χ1) is 25.5. The van der Waals surface area contributed by atoms with E-state index in [4.69, 9.17) is 19.3 Å². The topological polar surface area (TPSA) is 184 Å². The third kappa shape index (κ3) is 18.7. The zero-order chi connectivity index (χ0) is 42.0. The number of nitrogens with zero attached hydrogens (tertiary/aromatic N) is 3. The van der Waals surface area contributed by atoms with Crippen molar-refractivity contribution in [2.75, 3.05) is 54.6 Å². The number of hydrogen-bond donors (Lipinski definition) is 3. The molecule has 2 saturated heterocycles. The zero-order valence-electron chi connectivity index (χ0n) is 34.6. The minimum atomic E-state index is -1.04. The Morgan fingerprint density at radius 2 is 1.70 bits per heavy atom. The second-order valence-electron chi connectivity index (χ2n) is 13.5. The zero-order valence-corrected chi connectivity index (χ0v) is 34.6. The van der Waals surface area contributed by atoms with Crippen LogP contribution in [0.1, 0.15) is 80.6 Å². The number of nitrogens with one attached hydrogen (secondary N) is 2. The lowest BCUT2D eigenvalue weighted by atomic mass is 9.90. The number of carboxylic acid groups (broad SMARTS) is 1. The Hall–Kier alpha value is -4.24. The average Bonchev–Trinajstić information content (AvgIpc) is 3.76. The van der Waals surface area contributed by atoms with Crippen LogP contribution in [0.4, 0.5) is 4.79 Å². The molecule has 2 aliphatic heterocycles. The number of cyclic esters (lactones) is 1. The van der Waals surface area contributed by atoms with Gasteiger partial charge < -0.3 is 39.8 Å². The highest BCUT2D eigenvalue weighted by Gasteiger charge is 2.40. The Labute approximate surface area is 323 Å². The van der Waals surface area contributed by atoms with Gasteiger partial charge in [0.15, 0.2) is 0 Å². The van der Waals surface area contributed by atoms with Gasteiger partial charge in [-0.25, -0.2) is 4.79 Å². The van der Waals surface area contributed by atoms with Crippen molar-refractivity contribution in [2.24, 2.45) is 11.8 Å². The molecule has 0 aliphatic carbocycles. The lowest BCUT2D eigenvalue weighted by Gasteiger charge is -2.39. The Bertz CT molecular complexity index is 1210. The Morgan fingerprint density at radius 1 is 1.09 bits per heavy atom. The fraction of sp³-hybridized carbons (Fsp3) is 0.692. The molecule has 54 heavy (non-hydrogen) atoms. The molecule has 6 unspecified atom stereocenters. The maximum atomic E-state index is 13.5. The van der Waals surface area contributed by atoms with Crippen molar-refractivity contribution in [3.63, 3.8) is 0 Å². The lowest BCUT2D eigenvalue weighted by Crippen LogP contribution is -2.54. The normalized spacial score (nSPS) is 18.4. The van der Waals surface area contributed by atoms with E-state index in [0.717, 1.165) is 24.8 Å². The number of ether oxygens (including phenoxy) is 3. The molecule has 0 radical (unpaired) electrons. The number of carboxylic acids is 1. The number of carbonyl (C=O) groups is 6. The highest BCUT2D eigenvalue weighted by molar-refractivity contribution is 5.91. The van der Waals surface area contributed by atoms with Gasteiger partial charge in [-0.05, 0) is 31.6 Å². The summed E-state index contributed by atoms with van der Waals surface area (Å²) in [7, 11) is 6.41. The Kier molecular flexibility index (Phi) is 28.0. The molecule has 0 aromatic rings. The molecule has 0 aromatic heterocycles. The first kappa shape index (κ1) is 51.9. The molecule has 310 valence electrons. The number of aliphatic carboxylic acids is 1. The van der Waals surface area contributed by atoms with E-state index >= 15 is 0 Å². The van der Waals surface area contributed by atoms with Gasteiger partial charge in [-0.15, -0.1) is 0 Å². The van der Waals surface area contributed by atoms with E-state index in [9.17, 15) is 28.8 Å². The second-order valence-corrected chi connectivity index (χ2v) is 13.5. The van der Waals surface area contributed by atoms with Crippen LogP contribution in [0.2, 0.25) is 0 Å². The number of likely N-dealkylation sites (N-methyl/N-ethyl adjacent to an activating group) is 2. The number of amides is 5. The van der Waals surface area contributed by atoms with Gasteiger partial charge in [0.1, 0.15) is 19.2 Å². The summed E-state index contributed by atoms with van der Waals surface area (Å²) in [6.07, 6.45) is 8.68. The lowest BCUT2D eigenvalue weighted by molar-refractivity contribution is -0.144. The largest absolute Gasteiger partial charge is 0.480 e. The van der Waals surface area contributed by atoms with E-state index < -0.39 is 30.1 Å². The van der Waals surface area contributed by atoms with Crippen LogP contribution < -0.4 is 10.6 Å². The summed E-state index contributed by atoms with van der Waals surface area (Å²) >= 11 is 0. The molecule has 2 heterocycles. The fourth-order valence-corrected chi connectivity index (χ4v) is 5.89. The van der Waals surface area contributed by atoms with E-state index in [-0.39, 0.29) is 68.0 Å². The number of likely N-dealkylation sites (tertiary alicyclic amines) is 1. The maximum absolute atomic E-state index is 13.5. The van der Waals surface area contributed by atoms with E-state index in [0.29, 0.717) is 13.0 Å². The summed E-state index contributed by atoms with van der Waals surface area (Å²) in [5, 5.41) is 12.4. The number of methoxy groups -OCH3 is 2. The van der Waals surface area contributed by atoms with Crippen LogP contribution in [0.3, 0.4) is 0 Å². The molecule has 3 N–H and O–H groups in total. The van der Waals surface area contributed by atoms with E-state index in [1.54, 1.807) is 38.3 Å². The van der Waals surface area contributed by atoms with Crippen LogP contribution in [-0.4, -0.2) is 141 Å². The first-order valence-electron chi connectivity index (χ1n) is 18.6. The predicted molar refractivity (Wildman–Crippen MR) is 210 cm³/mol. The third-order valence-corrected chi connectivity index (χ3v) is 8.93. The summed E-state index contributed by atoms with van der Waals surface area (Å²) < 4.78 is 16.4. The smallest absolute Gasteiger partial charge is 0.410 e. The molecular weight excluding hydrogens is 698 g/mol. The molecule has 15 nitrogen and oxygen atoms in total. The van der Waals surface area contributed by atoms with Crippen molar-refractivity contribution in [3.05, 3.63) is 37.0 Å². The number of allylic oxidation sites excluding steroid dienone is 4. The molecule has 15 heteroatoms. The standard InChI is InChI=1S/C26H46N4O7.C7H10.C3H5NO3.C3H8/c1-9-17(4)23(29(6)22(32)14-27-25(33)19-15-37-26(34)28(19)5)20(35-7)13-21(31)30-12-10-11-18(30)24(36-8)16(2)3;1-4-6-7(3)5-2;5-2-4-1-3(6)7;1-3-2/h16-20,23-24H,9-15H2,1-8H3,(H,27,33);4-6H,1-2H2,3H3;2H,1H2,(H,4,5)(H,6,7);3H2,1-2H3/b;7-6-;;. The highest BCUT2D eigenvalue weighted by Crippen LogP contribution is 2.28. The summed E-state index contributed by atoms with van der Waals surface area (Å²) in [5.41, 5.74) is 1.15. The Morgan fingerprint density at radius 3 is 2.09 bits per heavy atom. The summed E-state index contributed by atoms with van der Waals surface area (Å²) in [4.78, 5) is 74.2. The van der Waals surface area contributed by atoms with Crippen molar-refractivity contribution >= 4 is 36.2 Å². The second kappa shape index (κ2) is 29.2. The van der Waals surface area contributed by atoms with Crippen LogP contribution in [0, 0.1) is 11.8 Å². The summed E-state index contributed by atoms with van der Waals surface area (Å²) in [6, 6.07) is -1.11. The molecule has 6 atom stereocenters. The molecular formula is C39H69N5O10. The van der Waals surface area contributed by atoms with Crippen LogP contribution in [0.15, 0.2) is 37.0 Å². The van der Waals surface area contributed by atoms with Gasteiger partial charge in [0.2, 0.25) is 24.1 Å². The fourth-order valence-electron chi connectivity index (χ4n) is 5.89. The van der Waals surface area contributed by atoms with Crippen LogP contribution in [0.25, 0.3) is 0 Å². The molecule has 0 aromatic carbocycles. The Balaban J connectivity index is 0. The van der Waals surface area contributed by atoms with E-state index in [1.807, 2.05) is 37.1 Å². The maximum Gasteiger partial charge on any atom is 0.410 e. The highest BCUT2D eigenvalue weighted by atomic mass is 16.6. The van der Waals surface area contributed by atoms with Gasteiger partial charge in [-0.2, -0.15) is 0 Å². The van der Waals surface area contributed by atoms with Gasteiger partial charge in [0, 0.05) is 34.9 Å².